The minimum absolute atomic E-state index is 0.376. The molecular formula is C25H22Cl2N2O5. The summed E-state index contributed by atoms with van der Waals surface area (Å²) in [5.41, 5.74) is 2.33. The lowest BCUT2D eigenvalue weighted by Gasteiger charge is -2.30. The standard InChI is InChI=1S/C25H22Cl2N2O5/c1-32-25(31)21-15-19(2-5-22(21)29-8-10-33-11-9-29)28-24(30)7-4-20-3-6-23(34-20)16-12-17(26)14-18(27)13-16/h2-7,12-15H,8-11H2,1H3,(H,28,30). The highest BCUT2D eigenvalue weighted by Crippen LogP contribution is 2.29. The first kappa shape index (κ1) is 23.9. The van der Waals surface area contributed by atoms with Gasteiger partial charge in [-0.25, -0.2) is 4.79 Å². The van der Waals surface area contributed by atoms with Crippen molar-refractivity contribution in [2.24, 2.45) is 0 Å². The molecule has 0 spiro atoms. The van der Waals surface area contributed by atoms with Crippen LogP contribution in [0.25, 0.3) is 17.4 Å². The minimum atomic E-state index is -0.475. The fourth-order valence-electron chi connectivity index (χ4n) is 3.60. The van der Waals surface area contributed by atoms with E-state index in [-0.39, 0.29) is 5.91 Å². The molecule has 3 aromatic rings. The molecule has 0 saturated carbocycles. The van der Waals surface area contributed by atoms with Crippen LogP contribution in [0.5, 0.6) is 0 Å². The average molecular weight is 501 g/mol. The highest BCUT2D eigenvalue weighted by molar-refractivity contribution is 6.35. The van der Waals surface area contributed by atoms with Crippen LogP contribution in [0.15, 0.2) is 59.0 Å². The Morgan fingerprint density at radius 3 is 2.47 bits per heavy atom. The zero-order chi connectivity index (χ0) is 24.1. The molecule has 2 aromatic carbocycles. The summed E-state index contributed by atoms with van der Waals surface area (Å²) in [4.78, 5) is 26.9. The Labute approximate surface area is 206 Å². The van der Waals surface area contributed by atoms with Crippen LogP contribution in [0.2, 0.25) is 10.0 Å². The van der Waals surface area contributed by atoms with Crippen molar-refractivity contribution in [2.75, 3.05) is 43.6 Å². The number of nitrogens with one attached hydrogen (secondary N) is 1. The summed E-state index contributed by atoms with van der Waals surface area (Å²) in [6.07, 6.45) is 2.90. The Bertz CT molecular complexity index is 1210. The summed E-state index contributed by atoms with van der Waals surface area (Å²) >= 11 is 12.1. The van der Waals surface area contributed by atoms with E-state index in [1.807, 2.05) is 0 Å². The molecule has 9 heteroatoms. The van der Waals surface area contributed by atoms with Gasteiger partial charge in [0.1, 0.15) is 11.5 Å². The topological polar surface area (TPSA) is 81.0 Å². The maximum Gasteiger partial charge on any atom is 0.340 e. The highest BCUT2D eigenvalue weighted by Gasteiger charge is 2.20. The predicted octanol–water partition coefficient (Wildman–Crippen LogP) is 5.53. The number of anilines is 2. The summed E-state index contributed by atoms with van der Waals surface area (Å²) in [6.45, 7) is 2.52. The Balaban J connectivity index is 1.46. The van der Waals surface area contributed by atoms with E-state index in [1.165, 1.54) is 13.2 Å². The van der Waals surface area contributed by atoms with Crippen LogP contribution in [0.3, 0.4) is 0 Å². The first-order valence-corrected chi connectivity index (χ1v) is 11.3. The fraction of sp³-hybridized carbons (Fsp3) is 0.200. The molecule has 0 atom stereocenters. The van der Waals surface area contributed by atoms with Gasteiger partial charge in [0.25, 0.3) is 0 Å². The number of carbonyl (C=O) groups excluding carboxylic acids is 2. The second kappa shape index (κ2) is 10.8. The number of nitrogens with zero attached hydrogens (tertiary/aromatic N) is 1. The molecule has 2 heterocycles. The number of hydrogen-bond acceptors (Lipinski definition) is 6. The van der Waals surface area contributed by atoms with Gasteiger partial charge in [-0.05, 0) is 54.6 Å². The molecule has 1 aromatic heterocycles. The van der Waals surface area contributed by atoms with Gasteiger partial charge >= 0.3 is 5.97 Å². The Hall–Kier alpha value is -3.26. The third-order valence-electron chi connectivity index (χ3n) is 5.19. The summed E-state index contributed by atoms with van der Waals surface area (Å²) in [5, 5.41) is 3.76. The lowest BCUT2D eigenvalue weighted by atomic mass is 10.1. The molecule has 1 aliphatic heterocycles. The molecule has 1 fully saturated rings. The highest BCUT2D eigenvalue weighted by atomic mass is 35.5. The van der Waals surface area contributed by atoms with E-state index in [1.54, 1.807) is 54.6 Å². The number of hydrogen-bond donors (Lipinski definition) is 1. The van der Waals surface area contributed by atoms with Crippen LogP contribution >= 0.6 is 23.2 Å². The second-order valence-corrected chi connectivity index (χ2v) is 8.38. The predicted molar refractivity (Wildman–Crippen MR) is 133 cm³/mol. The molecule has 34 heavy (non-hydrogen) atoms. The number of amides is 1. The van der Waals surface area contributed by atoms with Gasteiger partial charge < -0.3 is 24.1 Å². The number of ether oxygens (including phenoxy) is 2. The Morgan fingerprint density at radius 2 is 1.76 bits per heavy atom. The van der Waals surface area contributed by atoms with Crippen molar-refractivity contribution in [3.05, 3.63) is 76.0 Å². The van der Waals surface area contributed by atoms with Gasteiger partial charge in [-0.1, -0.05) is 23.2 Å². The number of halogens is 2. The second-order valence-electron chi connectivity index (χ2n) is 7.51. The Kier molecular flexibility index (Phi) is 7.57. The van der Waals surface area contributed by atoms with E-state index in [2.05, 4.69) is 10.2 Å². The molecule has 1 amide bonds. The normalized spacial score (nSPS) is 13.8. The minimum Gasteiger partial charge on any atom is -0.465 e. The third kappa shape index (κ3) is 5.80. The van der Waals surface area contributed by atoms with Crippen molar-refractivity contribution in [2.45, 2.75) is 0 Å². The molecule has 0 aliphatic carbocycles. The number of methoxy groups -OCH3 is 1. The zero-order valence-corrected chi connectivity index (χ0v) is 19.9. The molecule has 176 valence electrons. The largest absolute Gasteiger partial charge is 0.465 e. The van der Waals surface area contributed by atoms with Crippen molar-refractivity contribution in [3.63, 3.8) is 0 Å². The monoisotopic (exact) mass is 500 g/mol. The number of morpholine rings is 1. The third-order valence-corrected chi connectivity index (χ3v) is 5.63. The van der Waals surface area contributed by atoms with Gasteiger partial charge in [-0.2, -0.15) is 0 Å². The number of benzene rings is 2. The number of rotatable bonds is 6. The van der Waals surface area contributed by atoms with Crippen LogP contribution in [0, 0.1) is 0 Å². The molecule has 0 unspecified atom stereocenters. The zero-order valence-electron chi connectivity index (χ0n) is 18.3. The van der Waals surface area contributed by atoms with Crippen LogP contribution < -0.4 is 10.2 Å². The van der Waals surface area contributed by atoms with E-state index in [9.17, 15) is 9.59 Å². The first-order valence-electron chi connectivity index (χ1n) is 10.5. The van der Waals surface area contributed by atoms with E-state index in [0.717, 1.165) is 11.3 Å². The molecule has 1 aliphatic rings. The maximum absolute atomic E-state index is 12.5. The van der Waals surface area contributed by atoms with Gasteiger partial charge in [0, 0.05) is 40.5 Å². The van der Waals surface area contributed by atoms with E-state index in [4.69, 9.17) is 37.1 Å². The van der Waals surface area contributed by atoms with Crippen molar-refractivity contribution >= 4 is 52.5 Å². The molecule has 7 nitrogen and oxygen atoms in total. The van der Waals surface area contributed by atoms with Crippen LogP contribution in [0.1, 0.15) is 16.1 Å². The summed E-state index contributed by atoms with van der Waals surface area (Å²) < 4.78 is 16.1. The molecule has 1 N–H and O–H groups in total. The average Bonchev–Trinajstić information content (AvgIpc) is 3.31. The van der Waals surface area contributed by atoms with Crippen molar-refractivity contribution < 1.29 is 23.5 Å². The molecule has 0 radical (unpaired) electrons. The number of furan rings is 1. The van der Waals surface area contributed by atoms with Gasteiger partial charge in [0.15, 0.2) is 0 Å². The van der Waals surface area contributed by atoms with Gasteiger partial charge in [0.05, 0.1) is 31.6 Å². The SMILES string of the molecule is COC(=O)c1cc(NC(=O)C=Cc2ccc(-c3cc(Cl)cc(Cl)c3)o2)ccc1N1CCOCC1. The quantitative estimate of drug-likeness (QED) is 0.354. The van der Waals surface area contributed by atoms with Crippen LogP contribution in [-0.2, 0) is 14.3 Å². The lowest BCUT2D eigenvalue weighted by molar-refractivity contribution is -0.111. The first-order chi connectivity index (χ1) is 16.4. The van der Waals surface area contributed by atoms with Crippen molar-refractivity contribution in [3.8, 4) is 11.3 Å². The number of esters is 1. The fourth-order valence-corrected chi connectivity index (χ4v) is 4.13. The smallest absolute Gasteiger partial charge is 0.340 e. The Morgan fingerprint density at radius 1 is 1.03 bits per heavy atom. The van der Waals surface area contributed by atoms with Gasteiger partial charge in [-0.15, -0.1) is 0 Å². The maximum atomic E-state index is 12.5. The van der Waals surface area contributed by atoms with Crippen LogP contribution in [0.4, 0.5) is 11.4 Å². The molecular weight excluding hydrogens is 479 g/mol. The summed E-state index contributed by atoms with van der Waals surface area (Å²) in [7, 11) is 1.33. The van der Waals surface area contributed by atoms with Crippen LogP contribution in [-0.4, -0.2) is 45.3 Å². The van der Waals surface area contributed by atoms with Gasteiger partial charge in [0.2, 0.25) is 5.91 Å². The summed E-state index contributed by atoms with van der Waals surface area (Å²) in [6, 6.07) is 13.8. The van der Waals surface area contributed by atoms with Gasteiger partial charge in [-0.3, -0.25) is 4.79 Å². The van der Waals surface area contributed by atoms with E-state index in [0.29, 0.717) is 59.1 Å². The lowest BCUT2D eigenvalue weighted by Crippen LogP contribution is -2.37. The van der Waals surface area contributed by atoms with E-state index >= 15 is 0 Å². The van der Waals surface area contributed by atoms with Crippen molar-refractivity contribution in [1.82, 2.24) is 0 Å². The van der Waals surface area contributed by atoms with Crippen molar-refractivity contribution in [1.29, 1.82) is 0 Å². The molecule has 0 bridgehead atoms. The summed E-state index contributed by atoms with van der Waals surface area (Å²) in [5.74, 6) is 0.209. The molecule has 4 rings (SSSR count). The molecule has 1 saturated heterocycles. The van der Waals surface area contributed by atoms with E-state index < -0.39 is 5.97 Å². The number of carbonyl (C=O) groups is 2.